The van der Waals surface area contributed by atoms with Gasteiger partial charge in [-0.25, -0.2) is 4.79 Å². The van der Waals surface area contributed by atoms with Crippen LogP contribution < -0.4 is 10.3 Å². The van der Waals surface area contributed by atoms with Gasteiger partial charge >= 0.3 is 5.97 Å². The van der Waals surface area contributed by atoms with E-state index < -0.39 is 5.97 Å². The van der Waals surface area contributed by atoms with Crippen molar-refractivity contribution in [1.82, 2.24) is 4.57 Å². The second kappa shape index (κ2) is 6.92. The average molecular weight is 355 g/mol. The Bertz CT molecular complexity index is 1180. The van der Waals surface area contributed by atoms with E-state index in [-0.39, 0.29) is 11.3 Å². The number of ether oxygens (including phenoxy) is 1. The van der Waals surface area contributed by atoms with Crippen LogP contribution in [0.1, 0.15) is 10.4 Å². The maximum atomic E-state index is 13.1. The number of benzene rings is 3. The van der Waals surface area contributed by atoms with Crippen LogP contribution >= 0.6 is 0 Å². The van der Waals surface area contributed by atoms with Crippen LogP contribution in [0.3, 0.4) is 0 Å². The van der Waals surface area contributed by atoms with Gasteiger partial charge in [-0.1, -0.05) is 60.7 Å². The third-order valence-corrected chi connectivity index (χ3v) is 4.52. The SMILES string of the molecule is Cn1c(=O)c(-c2ccccc2)c(OC(=O)c2ccccc2)c2ccccc21. The monoisotopic (exact) mass is 355 g/mol. The molecule has 0 N–H and O–H groups in total. The predicted molar refractivity (Wildman–Crippen MR) is 106 cm³/mol. The molecule has 4 heteroatoms. The summed E-state index contributed by atoms with van der Waals surface area (Å²) < 4.78 is 7.36. The lowest BCUT2D eigenvalue weighted by Gasteiger charge is -2.15. The summed E-state index contributed by atoms with van der Waals surface area (Å²) in [6, 6.07) is 25.4. The molecule has 0 radical (unpaired) electrons. The molecule has 4 rings (SSSR count). The molecule has 1 aromatic heterocycles. The predicted octanol–water partition coefficient (Wildman–Crippen LogP) is 4.42. The number of hydrogen-bond acceptors (Lipinski definition) is 3. The molecule has 0 aliphatic rings. The van der Waals surface area contributed by atoms with Crippen LogP contribution in [0.5, 0.6) is 5.75 Å². The molecule has 132 valence electrons. The Kier molecular flexibility index (Phi) is 4.30. The van der Waals surface area contributed by atoms with Gasteiger partial charge in [0, 0.05) is 12.4 Å². The summed E-state index contributed by atoms with van der Waals surface area (Å²) >= 11 is 0. The Labute approximate surface area is 156 Å². The Morgan fingerprint density at radius 1 is 0.815 bits per heavy atom. The minimum absolute atomic E-state index is 0.212. The van der Waals surface area contributed by atoms with Crippen molar-refractivity contribution in [2.45, 2.75) is 0 Å². The van der Waals surface area contributed by atoms with E-state index in [2.05, 4.69) is 0 Å². The molecule has 3 aromatic carbocycles. The molecule has 0 fully saturated rings. The molecule has 0 spiro atoms. The van der Waals surface area contributed by atoms with Gasteiger partial charge in [0.25, 0.3) is 5.56 Å². The smallest absolute Gasteiger partial charge is 0.343 e. The Balaban J connectivity index is 1.98. The zero-order valence-electron chi connectivity index (χ0n) is 14.8. The minimum Gasteiger partial charge on any atom is -0.421 e. The van der Waals surface area contributed by atoms with E-state index in [0.29, 0.717) is 27.6 Å². The van der Waals surface area contributed by atoms with E-state index in [0.717, 1.165) is 0 Å². The number of para-hydroxylation sites is 1. The summed E-state index contributed by atoms with van der Waals surface area (Å²) in [4.78, 5) is 25.8. The number of pyridine rings is 1. The highest BCUT2D eigenvalue weighted by Gasteiger charge is 2.21. The number of hydrogen-bond donors (Lipinski definition) is 0. The molecule has 1 heterocycles. The zero-order chi connectivity index (χ0) is 18.8. The van der Waals surface area contributed by atoms with Gasteiger partial charge in [0.1, 0.15) is 0 Å². The van der Waals surface area contributed by atoms with Crippen molar-refractivity contribution in [3.8, 4) is 16.9 Å². The fourth-order valence-electron chi connectivity index (χ4n) is 3.16. The second-order valence-electron chi connectivity index (χ2n) is 6.21. The first-order valence-corrected chi connectivity index (χ1v) is 8.61. The van der Waals surface area contributed by atoms with Gasteiger partial charge in [-0.3, -0.25) is 4.79 Å². The number of esters is 1. The molecule has 0 unspecified atom stereocenters. The topological polar surface area (TPSA) is 48.3 Å². The van der Waals surface area contributed by atoms with Crippen molar-refractivity contribution in [3.05, 3.63) is 101 Å². The van der Waals surface area contributed by atoms with Gasteiger partial charge in [-0.15, -0.1) is 0 Å². The summed E-state index contributed by atoms with van der Waals surface area (Å²) in [5.74, 6) is -0.208. The van der Waals surface area contributed by atoms with Gasteiger partial charge in [0.05, 0.1) is 16.6 Å². The van der Waals surface area contributed by atoms with Crippen LogP contribution in [0.4, 0.5) is 0 Å². The lowest BCUT2D eigenvalue weighted by Crippen LogP contribution is -2.22. The maximum Gasteiger partial charge on any atom is 0.343 e. The normalized spacial score (nSPS) is 10.7. The number of aryl methyl sites for hydroxylation is 1. The van der Waals surface area contributed by atoms with Gasteiger partial charge in [-0.2, -0.15) is 0 Å². The standard InChI is InChI=1S/C23H17NO3/c1-24-19-15-9-8-14-18(19)21(27-23(26)17-12-6-3-7-13-17)20(22(24)25)16-10-4-2-5-11-16/h2-15H,1H3. The lowest BCUT2D eigenvalue weighted by molar-refractivity contribution is 0.0737. The first-order chi connectivity index (χ1) is 13.2. The van der Waals surface area contributed by atoms with Crippen molar-refractivity contribution < 1.29 is 9.53 Å². The minimum atomic E-state index is -0.494. The zero-order valence-corrected chi connectivity index (χ0v) is 14.8. The average Bonchev–Trinajstić information content (AvgIpc) is 2.73. The lowest BCUT2D eigenvalue weighted by atomic mass is 10.0. The molecule has 0 atom stereocenters. The Morgan fingerprint density at radius 2 is 1.41 bits per heavy atom. The molecule has 0 amide bonds. The largest absolute Gasteiger partial charge is 0.421 e. The van der Waals surface area contributed by atoms with Crippen LogP contribution in [-0.2, 0) is 7.05 Å². The van der Waals surface area contributed by atoms with Gasteiger partial charge in [-0.05, 0) is 29.8 Å². The number of nitrogens with zero attached hydrogens (tertiary/aromatic N) is 1. The highest BCUT2D eigenvalue weighted by Crippen LogP contribution is 2.34. The van der Waals surface area contributed by atoms with E-state index in [4.69, 9.17) is 4.74 Å². The van der Waals surface area contributed by atoms with Crippen LogP contribution in [-0.4, -0.2) is 10.5 Å². The Hall–Kier alpha value is -3.66. The van der Waals surface area contributed by atoms with Crippen molar-refractivity contribution in [2.75, 3.05) is 0 Å². The summed E-state index contributed by atoms with van der Waals surface area (Å²) in [5, 5.41) is 0.711. The summed E-state index contributed by atoms with van der Waals surface area (Å²) in [6.45, 7) is 0. The van der Waals surface area contributed by atoms with Crippen LogP contribution in [0.25, 0.3) is 22.0 Å². The van der Waals surface area contributed by atoms with E-state index >= 15 is 0 Å². The molecule has 0 bridgehead atoms. The molecular formula is C23H17NO3. The summed E-state index contributed by atoms with van der Waals surface area (Å²) in [5.41, 5.74) is 2.01. The number of carbonyl (C=O) groups is 1. The fourth-order valence-corrected chi connectivity index (χ4v) is 3.16. The molecule has 27 heavy (non-hydrogen) atoms. The first-order valence-electron chi connectivity index (χ1n) is 8.61. The number of rotatable bonds is 3. The third-order valence-electron chi connectivity index (χ3n) is 4.52. The highest BCUT2D eigenvalue weighted by atomic mass is 16.5. The van der Waals surface area contributed by atoms with Crippen molar-refractivity contribution in [2.24, 2.45) is 7.05 Å². The van der Waals surface area contributed by atoms with E-state index in [1.807, 2.05) is 60.7 Å². The Morgan fingerprint density at radius 3 is 2.11 bits per heavy atom. The molecule has 4 aromatic rings. The second-order valence-corrected chi connectivity index (χ2v) is 6.21. The number of carbonyl (C=O) groups excluding carboxylic acids is 1. The first kappa shape index (κ1) is 16.8. The number of aromatic nitrogens is 1. The molecule has 0 aliphatic heterocycles. The highest BCUT2D eigenvalue weighted by molar-refractivity contribution is 5.98. The molecular weight excluding hydrogens is 338 g/mol. The molecule has 0 saturated carbocycles. The number of fused-ring (bicyclic) bond motifs is 1. The summed E-state index contributed by atoms with van der Waals surface area (Å²) in [7, 11) is 1.72. The van der Waals surface area contributed by atoms with Crippen molar-refractivity contribution in [3.63, 3.8) is 0 Å². The van der Waals surface area contributed by atoms with Crippen LogP contribution in [0, 0.1) is 0 Å². The van der Waals surface area contributed by atoms with Gasteiger partial charge in [0.15, 0.2) is 5.75 Å². The molecule has 0 saturated heterocycles. The quantitative estimate of drug-likeness (QED) is 0.511. The van der Waals surface area contributed by atoms with E-state index in [1.165, 1.54) is 0 Å². The third kappa shape index (κ3) is 3.02. The summed E-state index contributed by atoms with van der Waals surface area (Å²) in [6.07, 6.45) is 0. The van der Waals surface area contributed by atoms with Crippen LogP contribution in [0.15, 0.2) is 89.7 Å². The van der Waals surface area contributed by atoms with Crippen molar-refractivity contribution in [1.29, 1.82) is 0 Å². The maximum absolute atomic E-state index is 13.1. The molecule has 4 nitrogen and oxygen atoms in total. The van der Waals surface area contributed by atoms with Gasteiger partial charge < -0.3 is 9.30 Å². The van der Waals surface area contributed by atoms with E-state index in [9.17, 15) is 9.59 Å². The van der Waals surface area contributed by atoms with Crippen LogP contribution in [0.2, 0.25) is 0 Å². The van der Waals surface area contributed by atoms with Crippen molar-refractivity contribution >= 4 is 16.9 Å². The van der Waals surface area contributed by atoms with E-state index in [1.54, 1.807) is 35.9 Å². The molecule has 0 aliphatic carbocycles. The fraction of sp³-hybridized carbons (Fsp3) is 0.0435. The van der Waals surface area contributed by atoms with Gasteiger partial charge in [0.2, 0.25) is 0 Å².